The summed E-state index contributed by atoms with van der Waals surface area (Å²) < 4.78 is 17.2. The second-order valence-electron chi connectivity index (χ2n) is 5.44. The van der Waals surface area contributed by atoms with Gasteiger partial charge in [-0.05, 0) is 18.6 Å². The third-order valence-corrected chi connectivity index (χ3v) is 3.86. The van der Waals surface area contributed by atoms with Crippen molar-refractivity contribution in [1.29, 1.82) is 0 Å². The molecule has 0 atom stereocenters. The van der Waals surface area contributed by atoms with Gasteiger partial charge in [0.1, 0.15) is 0 Å². The molecule has 0 saturated carbocycles. The molecule has 26 heavy (non-hydrogen) atoms. The summed E-state index contributed by atoms with van der Waals surface area (Å²) in [5.74, 6) is 0.899. The Hall–Kier alpha value is -3.03. The predicted molar refractivity (Wildman–Crippen MR) is 96.3 cm³/mol. The number of nitrogens with zero attached hydrogens (tertiary/aromatic N) is 2. The van der Waals surface area contributed by atoms with E-state index in [-0.39, 0.29) is 18.0 Å². The summed E-state index contributed by atoms with van der Waals surface area (Å²) in [5, 5.41) is 2.76. The molecule has 1 amide bonds. The summed E-state index contributed by atoms with van der Waals surface area (Å²) in [6, 6.07) is 4.64. The molecule has 0 unspecified atom stereocenters. The van der Waals surface area contributed by atoms with E-state index in [1.54, 1.807) is 12.1 Å². The minimum absolute atomic E-state index is 0.140. The van der Waals surface area contributed by atoms with Crippen molar-refractivity contribution in [2.45, 2.75) is 19.9 Å². The third-order valence-electron chi connectivity index (χ3n) is 3.86. The van der Waals surface area contributed by atoms with Gasteiger partial charge in [0.15, 0.2) is 11.5 Å². The summed E-state index contributed by atoms with van der Waals surface area (Å²) >= 11 is 0. The molecular weight excluding hydrogens is 338 g/mol. The Labute approximate surface area is 151 Å². The summed E-state index contributed by atoms with van der Waals surface area (Å²) in [7, 11) is 4.46. The van der Waals surface area contributed by atoms with E-state index in [2.05, 4.69) is 10.3 Å². The Morgan fingerprint density at radius 1 is 1.12 bits per heavy atom. The fourth-order valence-corrected chi connectivity index (χ4v) is 2.43. The van der Waals surface area contributed by atoms with Crippen LogP contribution in [0.5, 0.6) is 17.2 Å². The maximum atomic E-state index is 12.4. The highest BCUT2D eigenvalue weighted by Crippen LogP contribution is 2.38. The van der Waals surface area contributed by atoms with Gasteiger partial charge in [0.2, 0.25) is 5.75 Å². The van der Waals surface area contributed by atoms with Crippen molar-refractivity contribution in [2.24, 2.45) is 0 Å². The van der Waals surface area contributed by atoms with Crippen molar-refractivity contribution in [3.05, 3.63) is 46.1 Å². The van der Waals surface area contributed by atoms with Crippen LogP contribution in [0.25, 0.3) is 0 Å². The molecule has 1 N–H and O–H groups in total. The fraction of sp³-hybridized carbons (Fsp3) is 0.389. The van der Waals surface area contributed by atoms with Gasteiger partial charge in [-0.3, -0.25) is 14.2 Å². The van der Waals surface area contributed by atoms with E-state index in [0.29, 0.717) is 35.8 Å². The number of carbonyl (C=O) groups excluding carboxylic acids is 1. The monoisotopic (exact) mass is 361 g/mol. The number of methoxy groups -OCH3 is 3. The van der Waals surface area contributed by atoms with Crippen molar-refractivity contribution < 1.29 is 19.0 Å². The minimum atomic E-state index is -0.310. The highest BCUT2D eigenvalue weighted by Gasteiger charge is 2.16. The van der Waals surface area contributed by atoms with Crippen LogP contribution in [0.4, 0.5) is 0 Å². The number of benzene rings is 1. The predicted octanol–water partition coefficient (Wildman–Crippen LogP) is 1.26. The van der Waals surface area contributed by atoms with Gasteiger partial charge < -0.3 is 19.5 Å². The van der Waals surface area contributed by atoms with Crippen LogP contribution < -0.4 is 25.1 Å². The Kier molecular flexibility index (Phi) is 6.60. The first-order chi connectivity index (χ1) is 12.5. The Balaban J connectivity index is 2.07. The maximum absolute atomic E-state index is 12.4. The number of carbonyl (C=O) groups is 1. The van der Waals surface area contributed by atoms with Crippen LogP contribution in [-0.2, 0) is 13.0 Å². The second-order valence-corrected chi connectivity index (χ2v) is 5.44. The number of rotatable bonds is 8. The second kappa shape index (κ2) is 8.89. The van der Waals surface area contributed by atoms with Crippen LogP contribution >= 0.6 is 0 Å². The summed E-state index contributed by atoms with van der Waals surface area (Å²) in [6.07, 6.45) is 2.20. The van der Waals surface area contributed by atoms with Gasteiger partial charge in [-0.25, -0.2) is 4.98 Å². The lowest BCUT2D eigenvalue weighted by molar-refractivity contribution is 0.0951. The average Bonchev–Trinajstić information content (AvgIpc) is 2.67. The molecule has 8 heteroatoms. The SMILES string of the molecule is CCc1cc(=O)n(CCNC(=O)c2cc(OC)c(OC)c(OC)c2)cn1. The lowest BCUT2D eigenvalue weighted by Crippen LogP contribution is -2.31. The van der Waals surface area contributed by atoms with Crippen molar-refractivity contribution in [1.82, 2.24) is 14.9 Å². The molecule has 0 aliphatic rings. The van der Waals surface area contributed by atoms with E-state index >= 15 is 0 Å². The van der Waals surface area contributed by atoms with Crippen LogP contribution in [0.3, 0.4) is 0 Å². The number of aryl methyl sites for hydroxylation is 1. The van der Waals surface area contributed by atoms with E-state index in [9.17, 15) is 9.59 Å². The lowest BCUT2D eigenvalue weighted by Gasteiger charge is -2.14. The van der Waals surface area contributed by atoms with Gasteiger partial charge in [0, 0.05) is 30.4 Å². The van der Waals surface area contributed by atoms with Crippen LogP contribution in [-0.4, -0.2) is 43.3 Å². The van der Waals surface area contributed by atoms with Crippen LogP contribution in [0.15, 0.2) is 29.3 Å². The molecule has 2 aromatic rings. The van der Waals surface area contributed by atoms with Crippen LogP contribution in [0.1, 0.15) is 23.0 Å². The van der Waals surface area contributed by atoms with Crippen LogP contribution in [0.2, 0.25) is 0 Å². The first-order valence-electron chi connectivity index (χ1n) is 8.17. The first-order valence-corrected chi connectivity index (χ1v) is 8.17. The molecule has 1 heterocycles. The number of hydrogen-bond acceptors (Lipinski definition) is 6. The van der Waals surface area contributed by atoms with E-state index in [1.807, 2.05) is 6.92 Å². The smallest absolute Gasteiger partial charge is 0.253 e. The molecule has 0 fully saturated rings. The van der Waals surface area contributed by atoms with E-state index < -0.39 is 0 Å². The molecule has 0 aliphatic heterocycles. The zero-order valence-corrected chi connectivity index (χ0v) is 15.4. The molecular formula is C18H23N3O5. The molecule has 0 aliphatic carbocycles. The van der Waals surface area contributed by atoms with E-state index in [1.165, 1.54) is 38.3 Å². The molecule has 1 aromatic carbocycles. The van der Waals surface area contributed by atoms with E-state index in [0.717, 1.165) is 5.69 Å². The molecule has 1 aromatic heterocycles. The van der Waals surface area contributed by atoms with Gasteiger partial charge in [0.05, 0.1) is 27.7 Å². The summed E-state index contributed by atoms with van der Waals surface area (Å²) in [6.45, 7) is 2.54. The largest absolute Gasteiger partial charge is 0.493 e. The van der Waals surface area contributed by atoms with Gasteiger partial charge >= 0.3 is 0 Å². The van der Waals surface area contributed by atoms with Crippen molar-refractivity contribution in [3.8, 4) is 17.2 Å². The molecule has 0 bridgehead atoms. The normalized spacial score (nSPS) is 10.3. The number of nitrogens with one attached hydrogen (secondary N) is 1. The van der Waals surface area contributed by atoms with Crippen molar-refractivity contribution in [3.63, 3.8) is 0 Å². The maximum Gasteiger partial charge on any atom is 0.253 e. The Bertz CT molecular complexity index is 807. The number of hydrogen-bond donors (Lipinski definition) is 1. The lowest BCUT2D eigenvalue weighted by atomic mass is 10.1. The van der Waals surface area contributed by atoms with Crippen LogP contribution in [0, 0.1) is 0 Å². The molecule has 2 rings (SSSR count). The highest BCUT2D eigenvalue weighted by atomic mass is 16.5. The summed E-state index contributed by atoms with van der Waals surface area (Å²) in [5.41, 5.74) is 0.970. The third kappa shape index (κ3) is 4.33. The topological polar surface area (TPSA) is 91.7 Å². The standard InChI is InChI=1S/C18H23N3O5/c1-5-13-10-16(22)21(11-20-13)7-6-19-18(23)12-8-14(24-2)17(26-4)15(9-12)25-3/h8-11H,5-7H2,1-4H3,(H,19,23). The number of aromatic nitrogens is 2. The van der Waals surface area contributed by atoms with Gasteiger partial charge in [-0.1, -0.05) is 6.92 Å². The van der Waals surface area contributed by atoms with E-state index in [4.69, 9.17) is 14.2 Å². The zero-order chi connectivity index (χ0) is 19.1. The number of amides is 1. The van der Waals surface area contributed by atoms with Crippen molar-refractivity contribution >= 4 is 5.91 Å². The summed E-state index contributed by atoms with van der Waals surface area (Å²) in [4.78, 5) is 28.5. The van der Waals surface area contributed by atoms with Gasteiger partial charge in [0.25, 0.3) is 11.5 Å². The molecule has 0 spiro atoms. The molecule has 140 valence electrons. The molecule has 0 saturated heterocycles. The quantitative estimate of drug-likeness (QED) is 0.761. The van der Waals surface area contributed by atoms with Crippen molar-refractivity contribution in [2.75, 3.05) is 27.9 Å². The molecule has 0 radical (unpaired) electrons. The fourth-order valence-electron chi connectivity index (χ4n) is 2.43. The van der Waals surface area contributed by atoms with Gasteiger partial charge in [-0.2, -0.15) is 0 Å². The molecule has 8 nitrogen and oxygen atoms in total. The Morgan fingerprint density at radius 2 is 1.77 bits per heavy atom. The highest BCUT2D eigenvalue weighted by molar-refractivity contribution is 5.95. The zero-order valence-electron chi connectivity index (χ0n) is 15.4. The number of ether oxygens (including phenoxy) is 3. The Morgan fingerprint density at radius 3 is 2.27 bits per heavy atom. The average molecular weight is 361 g/mol. The minimum Gasteiger partial charge on any atom is -0.493 e. The van der Waals surface area contributed by atoms with Gasteiger partial charge in [-0.15, -0.1) is 0 Å². The first kappa shape index (κ1) is 19.3.